The predicted octanol–water partition coefficient (Wildman–Crippen LogP) is 2.58. The SMILES string of the molecule is CNCC1(C2CCCCC2)CCOCC1. The van der Waals surface area contributed by atoms with Crippen LogP contribution in [0.3, 0.4) is 0 Å². The standard InChI is InChI=1S/C13H25NO/c1-14-11-13(7-9-15-10-8-13)12-5-3-2-4-6-12/h12,14H,2-11H2,1H3. The van der Waals surface area contributed by atoms with Crippen molar-refractivity contribution in [1.29, 1.82) is 0 Å². The second-order valence-electron chi connectivity index (χ2n) is 5.34. The molecule has 1 saturated carbocycles. The van der Waals surface area contributed by atoms with E-state index in [9.17, 15) is 0 Å². The summed E-state index contributed by atoms with van der Waals surface area (Å²) >= 11 is 0. The molecule has 15 heavy (non-hydrogen) atoms. The molecule has 0 amide bonds. The molecule has 0 unspecified atom stereocenters. The van der Waals surface area contributed by atoms with Gasteiger partial charge in [0.05, 0.1) is 0 Å². The highest BCUT2D eigenvalue weighted by Gasteiger charge is 2.39. The van der Waals surface area contributed by atoms with E-state index in [2.05, 4.69) is 12.4 Å². The van der Waals surface area contributed by atoms with Crippen molar-refractivity contribution < 1.29 is 4.74 Å². The fourth-order valence-electron chi connectivity index (χ4n) is 3.57. The molecule has 0 atom stereocenters. The maximum Gasteiger partial charge on any atom is 0.0471 e. The molecule has 1 aliphatic carbocycles. The molecule has 2 heteroatoms. The lowest BCUT2D eigenvalue weighted by Crippen LogP contribution is -2.44. The lowest BCUT2D eigenvalue weighted by atomic mass is 9.64. The lowest BCUT2D eigenvalue weighted by Gasteiger charge is -2.45. The molecule has 0 radical (unpaired) electrons. The van der Waals surface area contributed by atoms with E-state index in [4.69, 9.17) is 4.74 Å². The summed E-state index contributed by atoms with van der Waals surface area (Å²) in [5.41, 5.74) is 0.563. The number of ether oxygens (including phenoxy) is 1. The Kier molecular flexibility index (Phi) is 4.04. The van der Waals surface area contributed by atoms with Crippen LogP contribution >= 0.6 is 0 Å². The number of nitrogens with one attached hydrogen (secondary N) is 1. The summed E-state index contributed by atoms with van der Waals surface area (Å²) in [4.78, 5) is 0. The van der Waals surface area contributed by atoms with Crippen molar-refractivity contribution in [2.45, 2.75) is 44.9 Å². The van der Waals surface area contributed by atoms with Gasteiger partial charge in [0.15, 0.2) is 0 Å². The van der Waals surface area contributed by atoms with Crippen LogP contribution in [0.15, 0.2) is 0 Å². The molecule has 0 aromatic rings. The van der Waals surface area contributed by atoms with Crippen molar-refractivity contribution in [3.63, 3.8) is 0 Å². The van der Waals surface area contributed by atoms with E-state index < -0.39 is 0 Å². The Morgan fingerprint density at radius 3 is 2.40 bits per heavy atom. The number of rotatable bonds is 3. The average Bonchev–Trinajstić information content (AvgIpc) is 2.32. The molecule has 0 bridgehead atoms. The van der Waals surface area contributed by atoms with Gasteiger partial charge in [-0.3, -0.25) is 0 Å². The number of hydrogen-bond acceptors (Lipinski definition) is 2. The first kappa shape index (κ1) is 11.4. The quantitative estimate of drug-likeness (QED) is 0.774. The van der Waals surface area contributed by atoms with Gasteiger partial charge in [0, 0.05) is 19.8 Å². The monoisotopic (exact) mass is 211 g/mol. The van der Waals surface area contributed by atoms with Gasteiger partial charge in [0.25, 0.3) is 0 Å². The molecule has 2 aliphatic rings. The van der Waals surface area contributed by atoms with Gasteiger partial charge >= 0.3 is 0 Å². The summed E-state index contributed by atoms with van der Waals surface area (Å²) in [6.07, 6.45) is 9.84. The first-order valence-electron chi connectivity index (χ1n) is 6.60. The molecule has 1 aliphatic heterocycles. The summed E-state index contributed by atoms with van der Waals surface area (Å²) in [6, 6.07) is 0. The van der Waals surface area contributed by atoms with Crippen LogP contribution in [-0.4, -0.2) is 26.8 Å². The Morgan fingerprint density at radius 1 is 1.13 bits per heavy atom. The lowest BCUT2D eigenvalue weighted by molar-refractivity contribution is -0.0270. The van der Waals surface area contributed by atoms with Crippen LogP contribution in [0.25, 0.3) is 0 Å². The Balaban J connectivity index is 2.01. The van der Waals surface area contributed by atoms with Gasteiger partial charge in [-0.2, -0.15) is 0 Å². The van der Waals surface area contributed by atoms with Crippen LogP contribution in [-0.2, 0) is 4.74 Å². The zero-order valence-corrected chi connectivity index (χ0v) is 10.1. The third-order valence-electron chi connectivity index (χ3n) is 4.49. The van der Waals surface area contributed by atoms with Gasteiger partial charge in [0.2, 0.25) is 0 Å². The Hall–Kier alpha value is -0.0800. The molecule has 1 heterocycles. The second kappa shape index (κ2) is 5.31. The van der Waals surface area contributed by atoms with Crippen LogP contribution in [0.5, 0.6) is 0 Å². The molecular weight excluding hydrogens is 186 g/mol. The minimum atomic E-state index is 0.563. The average molecular weight is 211 g/mol. The van der Waals surface area contributed by atoms with E-state index in [0.717, 1.165) is 19.1 Å². The van der Waals surface area contributed by atoms with Crippen molar-refractivity contribution in [3.05, 3.63) is 0 Å². The van der Waals surface area contributed by atoms with Crippen LogP contribution in [0.1, 0.15) is 44.9 Å². The zero-order chi connectivity index (χ0) is 10.6. The van der Waals surface area contributed by atoms with Gasteiger partial charge in [0.1, 0.15) is 0 Å². The number of hydrogen-bond donors (Lipinski definition) is 1. The van der Waals surface area contributed by atoms with Crippen LogP contribution in [0.4, 0.5) is 0 Å². The smallest absolute Gasteiger partial charge is 0.0471 e. The van der Waals surface area contributed by atoms with E-state index in [1.807, 2.05) is 0 Å². The van der Waals surface area contributed by atoms with E-state index in [1.165, 1.54) is 51.5 Å². The topological polar surface area (TPSA) is 21.3 Å². The first-order chi connectivity index (χ1) is 7.37. The zero-order valence-electron chi connectivity index (χ0n) is 10.1. The van der Waals surface area contributed by atoms with Gasteiger partial charge in [-0.1, -0.05) is 19.3 Å². The normalized spacial score (nSPS) is 27.8. The maximum atomic E-state index is 5.53. The Bertz CT molecular complexity index is 175. The van der Waals surface area contributed by atoms with Crippen molar-refractivity contribution in [1.82, 2.24) is 5.32 Å². The Labute approximate surface area is 93.8 Å². The molecule has 2 rings (SSSR count). The van der Waals surface area contributed by atoms with E-state index >= 15 is 0 Å². The minimum Gasteiger partial charge on any atom is -0.381 e. The van der Waals surface area contributed by atoms with E-state index in [1.54, 1.807) is 0 Å². The largest absolute Gasteiger partial charge is 0.381 e. The highest BCUT2D eigenvalue weighted by Crippen LogP contribution is 2.44. The molecule has 0 aromatic heterocycles. The fraction of sp³-hybridized carbons (Fsp3) is 1.00. The molecular formula is C13H25NO. The molecule has 0 aromatic carbocycles. The minimum absolute atomic E-state index is 0.563. The van der Waals surface area contributed by atoms with Gasteiger partial charge < -0.3 is 10.1 Å². The Morgan fingerprint density at radius 2 is 1.80 bits per heavy atom. The summed E-state index contributed by atoms with van der Waals surface area (Å²) in [5.74, 6) is 0.961. The summed E-state index contributed by atoms with van der Waals surface area (Å²) in [6.45, 7) is 3.16. The summed E-state index contributed by atoms with van der Waals surface area (Å²) in [7, 11) is 2.10. The van der Waals surface area contributed by atoms with Crippen molar-refractivity contribution in [3.8, 4) is 0 Å². The third-order valence-corrected chi connectivity index (χ3v) is 4.49. The molecule has 0 spiro atoms. The van der Waals surface area contributed by atoms with E-state index in [-0.39, 0.29) is 0 Å². The fourth-order valence-corrected chi connectivity index (χ4v) is 3.57. The maximum absolute atomic E-state index is 5.53. The third kappa shape index (κ3) is 2.54. The van der Waals surface area contributed by atoms with Crippen molar-refractivity contribution in [2.75, 3.05) is 26.8 Å². The van der Waals surface area contributed by atoms with Crippen LogP contribution < -0.4 is 5.32 Å². The second-order valence-corrected chi connectivity index (χ2v) is 5.34. The molecule has 1 saturated heterocycles. The highest BCUT2D eigenvalue weighted by molar-refractivity contribution is 4.91. The molecule has 88 valence electrons. The molecule has 2 fully saturated rings. The van der Waals surface area contributed by atoms with Crippen molar-refractivity contribution >= 4 is 0 Å². The van der Waals surface area contributed by atoms with Gasteiger partial charge in [-0.15, -0.1) is 0 Å². The predicted molar refractivity (Wildman–Crippen MR) is 63.0 cm³/mol. The molecule has 2 nitrogen and oxygen atoms in total. The summed E-state index contributed by atoms with van der Waals surface area (Å²) < 4.78 is 5.53. The van der Waals surface area contributed by atoms with Crippen molar-refractivity contribution in [2.24, 2.45) is 11.3 Å². The van der Waals surface area contributed by atoms with E-state index in [0.29, 0.717) is 5.41 Å². The summed E-state index contributed by atoms with van der Waals surface area (Å²) in [5, 5.41) is 3.42. The van der Waals surface area contributed by atoms with Crippen LogP contribution in [0, 0.1) is 11.3 Å². The van der Waals surface area contributed by atoms with Crippen LogP contribution in [0.2, 0.25) is 0 Å². The molecule has 1 N–H and O–H groups in total. The van der Waals surface area contributed by atoms with Gasteiger partial charge in [-0.25, -0.2) is 0 Å². The highest BCUT2D eigenvalue weighted by atomic mass is 16.5. The first-order valence-corrected chi connectivity index (χ1v) is 6.60. The van der Waals surface area contributed by atoms with Gasteiger partial charge in [-0.05, 0) is 44.1 Å².